The maximum atomic E-state index is 4.93. The zero-order valence-corrected chi connectivity index (χ0v) is 23.2. The zero-order chi connectivity index (χ0) is 21.2. The minimum atomic E-state index is -0.826. The molecular weight excluding hydrogens is 522 g/mol. The fraction of sp³-hybridized carbons (Fsp3) is 0.200. The van der Waals surface area contributed by atoms with Crippen LogP contribution in [0, 0.1) is 20.8 Å². The number of hydrogen-bond acceptors (Lipinski definition) is 0. The first-order valence-electron chi connectivity index (χ1n) is 10.9. The minimum absolute atomic E-state index is 0. The molecule has 0 spiro atoms. The van der Waals surface area contributed by atoms with Crippen LogP contribution in [0.15, 0.2) is 97.1 Å². The van der Waals surface area contributed by atoms with E-state index in [4.69, 9.17) is 17.0 Å². The molecule has 0 aliphatic heterocycles. The summed E-state index contributed by atoms with van der Waals surface area (Å²) in [5, 5.41) is 0. The fourth-order valence-electron chi connectivity index (χ4n) is 5.94. The van der Waals surface area contributed by atoms with E-state index in [9.17, 15) is 0 Å². The normalized spacial score (nSPS) is 20.6. The van der Waals surface area contributed by atoms with E-state index in [1.807, 2.05) is 0 Å². The van der Waals surface area contributed by atoms with Crippen LogP contribution < -0.4 is 0 Å². The van der Waals surface area contributed by atoms with Gasteiger partial charge in [0, 0.05) is 11.8 Å². The van der Waals surface area contributed by atoms with E-state index in [1.165, 1.54) is 35.1 Å². The molecule has 3 aromatic rings. The standard InChI is InChI=1S/C28H24.2CH3.2ClH.Zr/c1-5-13-23-19(9-1)20-10-2-6-14-24(20)27(23)17-18-28-25-15-7-3-11-21(25)22-12-4-8-16-26(22)28;;;;;/h1-16,19,23,27-28H,17-18H2;2*1H3;2*1H;/q;2*-1;;;+4/p-2. The average molecular weight is 553 g/mol. The number of allylic oxidation sites excluding steroid dienone is 4. The predicted octanol–water partition coefficient (Wildman–Crippen LogP) is 9.48. The van der Waals surface area contributed by atoms with E-state index in [1.54, 1.807) is 11.1 Å². The Balaban J connectivity index is 0.000000583. The number of fused-ring (bicyclic) bond motifs is 6. The Kier molecular flexibility index (Phi) is 9.40. The van der Waals surface area contributed by atoms with Gasteiger partial charge in [0.05, 0.1) is 0 Å². The molecule has 0 N–H and O–H groups in total. The van der Waals surface area contributed by atoms with Crippen molar-refractivity contribution in [3.63, 3.8) is 0 Å². The second-order valence-electron chi connectivity index (χ2n) is 8.48. The van der Waals surface area contributed by atoms with E-state index >= 15 is 0 Å². The molecule has 3 aliphatic carbocycles. The van der Waals surface area contributed by atoms with Gasteiger partial charge in [-0.25, -0.2) is 0 Å². The van der Waals surface area contributed by atoms with Crippen LogP contribution in [-0.4, -0.2) is 0 Å². The second kappa shape index (κ2) is 11.8. The summed E-state index contributed by atoms with van der Waals surface area (Å²) in [7, 11) is 9.87. The molecule has 0 saturated carbocycles. The van der Waals surface area contributed by atoms with Gasteiger partial charge in [-0.05, 0) is 58.1 Å². The molecule has 0 radical (unpaired) electrons. The van der Waals surface area contributed by atoms with Crippen LogP contribution in [0.5, 0.6) is 0 Å². The Morgan fingerprint density at radius 2 is 1.09 bits per heavy atom. The average Bonchev–Trinajstić information content (AvgIpc) is 3.31. The van der Waals surface area contributed by atoms with Gasteiger partial charge in [-0.15, -0.1) is 0 Å². The molecule has 3 unspecified atom stereocenters. The van der Waals surface area contributed by atoms with E-state index in [-0.39, 0.29) is 14.9 Å². The number of rotatable bonds is 3. The van der Waals surface area contributed by atoms with Gasteiger partial charge in [0.25, 0.3) is 0 Å². The molecule has 0 fully saturated rings. The molecule has 3 aromatic carbocycles. The number of benzene rings is 3. The molecule has 0 aromatic heterocycles. The Morgan fingerprint density at radius 3 is 1.70 bits per heavy atom. The number of halogens is 2. The van der Waals surface area contributed by atoms with Gasteiger partial charge in [-0.3, -0.25) is 0 Å². The third kappa shape index (κ3) is 4.88. The van der Waals surface area contributed by atoms with Crippen molar-refractivity contribution in [1.29, 1.82) is 0 Å². The van der Waals surface area contributed by atoms with Crippen molar-refractivity contribution < 1.29 is 20.8 Å². The molecule has 168 valence electrons. The van der Waals surface area contributed by atoms with Crippen LogP contribution in [0.3, 0.4) is 0 Å². The molecule has 0 heterocycles. The summed E-state index contributed by atoms with van der Waals surface area (Å²) in [4.78, 5) is 0. The SMILES string of the molecule is C1=CC2c3ccccc3C(CCC3c4ccccc4-c4ccccc43)C2C=C1.[CH3-].[CH3-].[Cl][Zr+2][Cl]. The first-order valence-corrected chi connectivity index (χ1v) is 17.2. The summed E-state index contributed by atoms with van der Waals surface area (Å²) in [6.45, 7) is 0. The van der Waals surface area contributed by atoms with Crippen LogP contribution in [0.25, 0.3) is 11.1 Å². The van der Waals surface area contributed by atoms with Crippen molar-refractivity contribution >= 4 is 17.0 Å². The maximum absolute atomic E-state index is 4.93. The topological polar surface area (TPSA) is 0 Å². The van der Waals surface area contributed by atoms with E-state index in [0.29, 0.717) is 23.7 Å². The Bertz CT molecular complexity index is 1090. The quantitative estimate of drug-likeness (QED) is 0.284. The molecule has 3 heteroatoms. The molecule has 3 aliphatic rings. The van der Waals surface area contributed by atoms with Crippen molar-refractivity contribution in [2.24, 2.45) is 5.92 Å². The van der Waals surface area contributed by atoms with Crippen molar-refractivity contribution in [2.45, 2.75) is 30.6 Å². The van der Waals surface area contributed by atoms with Gasteiger partial charge >= 0.3 is 37.9 Å². The second-order valence-corrected chi connectivity index (χ2v) is 12.2. The van der Waals surface area contributed by atoms with E-state index < -0.39 is 20.8 Å². The van der Waals surface area contributed by atoms with Crippen LogP contribution in [0.1, 0.15) is 52.8 Å². The van der Waals surface area contributed by atoms with E-state index in [2.05, 4.69) is 97.1 Å². The molecule has 6 rings (SSSR count). The predicted molar refractivity (Wildman–Crippen MR) is 141 cm³/mol. The third-order valence-electron chi connectivity index (χ3n) is 7.13. The molecule has 0 nitrogen and oxygen atoms in total. The summed E-state index contributed by atoms with van der Waals surface area (Å²) >= 11 is -0.826. The fourth-order valence-corrected chi connectivity index (χ4v) is 5.94. The van der Waals surface area contributed by atoms with Crippen molar-refractivity contribution in [1.82, 2.24) is 0 Å². The van der Waals surface area contributed by atoms with Gasteiger partial charge in [0.15, 0.2) is 0 Å². The van der Waals surface area contributed by atoms with E-state index in [0.717, 1.165) is 0 Å². The molecule has 0 amide bonds. The third-order valence-corrected chi connectivity index (χ3v) is 7.13. The summed E-state index contributed by atoms with van der Waals surface area (Å²) in [6.07, 6.45) is 11.8. The first kappa shape index (κ1) is 26.2. The Hall–Kier alpha value is -1.40. The van der Waals surface area contributed by atoms with Crippen LogP contribution in [0.4, 0.5) is 0 Å². The summed E-state index contributed by atoms with van der Waals surface area (Å²) in [5.41, 5.74) is 9.04. The monoisotopic (exact) mass is 550 g/mol. The number of hydrogen-bond donors (Lipinski definition) is 0. The van der Waals surface area contributed by atoms with Gasteiger partial charge < -0.3 is 14.9 Å². The zero-order valence-electron chi connectivity index (χ0n) is 19.2. The van der Waals surface area contributed by atoms with Gasteiger partial charge in [-0.2, -0.15) is 0 Å². The van der Waals surface area contributed by atoms with Crippen molar-refractivity contribution in [3.8, 4) is 11.1 Å². The van der Waals surface area contributed by atoms with Gasteiger partial charge in [0.1, 0.15) is 0 Å². The Morgan fingerprint density at radius 1 is 0.606 bits per heavy atom. The van der Waals surface area contributed by atoms with Crippen LogP contribution >= 0.6 is 17.0 Å². The summed E-state index contributed by atoms with van der Waals surface area (Å²) in [6, 6.07) is 27.2. The summed E-state index contributed by atoms with van der Waals surface area (Å²) in [5.74, 6) is 2.34. The molecule has 0 bridgehead atoms. The molecule has 33 heavy (non-hydrogen) atoms. The molecule has 3 atom stereocenters. The van der Waals surface area contributed by atoms with Crippen molar-refractivity contribution in [2.75, 3.05) is 0 Å². The van der Waals surface area contributed by atoms with Crippen LogP contribution in [0.2, 0.25) is 0 Å². The first-order chi connectivity index (χ1) is 15.3. The van der Waals surface area contributed by atoms with Crippen molar-refractivity contribution in [3.05, 3.63) is 134 Å². The van der Waals surface area contributed by atoms with Gasteiger partial charge in [0.2, 0.25) is 0 Å². The summed E-state index contributed by atoms with van der Waals surface area (Å²) < 4.78 is 0. The molecule has 0 saturated heterocycles. The Labute approximate surface area is 218 Å². The van der Waals surface area contributed by atoms with Crippen LogP contribution in [-0.2, 0) is 20.8 Å². The van der Waals surface area contributed by atoms with Gasteiger partial charge in [-0.1, -0.05) is 97.1 Å². The molecular formula is C30H30Cl2Zr.